The highest BCUT2D eigenvalue weighted by Gasteiger charge is 2.21. The highest BCUT2D eigenvalue weighted by atomic mass is 16.5. The van der Waals surface area contributed by atoms with Gasteiger partial charge >= 0.3 is 5.97 Å². The SMILES string of the molecule is CC(=O)c1cccc(OCCCC(=O)NC(C)(C)CCC(=O)O)c1. The molecule has 1 rings (SSSR count). The number of aliphatic carboxylic acids is 1. The van der Waals surface area contributed by atoms with Gasteiger partial charge in [-0.3, -0.25) is 14.4 Å². The zero-order valence-electron chi connectivity index (χ0n) is 14.4. The van der Waals surface area contributed by atoms with Gasteiger partial charge in [-0.15, -0.1) is 0 Å². The summed E-state index contributed by atoms with van der Waals surface area (Å²) < 4.78 is 5.55. The van der Waals surface area contributed by atoms with Gasteiger partial charge in [-0.25, -0.2) is 0 Å². The van der Waals surface area contributed by atoms with Crippen LogP contribution in [0.15, 0.2) is 24.3 Å². The summed E-state index contributed by atoms with van der Waals surface area (Å²) in [7, 11) is 0. The van der Waals surface area contributed by atoms with E-state index in [1.807, 2.05) is 0 Å². The van der Waals surface area contributed by atoms with Gasteiger partial charge in [0.1, 0.15) is 5.75 Å². The molecule has 0 aliphatic rings. The van der Waals surface area contributed by atoms with Crippen LogP contribution >= 0.6 is 0 Å². The Kier molecular flexibility index (Phi) is 7.42. The van der Waals surface area contributed by atoms with Crippen LogP contribution in [0, 0.1) is 0 Å². The molecule has 1 aromatic carbocycles. The molecule has 0 aliphatic heterocycles. The summed E-state index contributed by atoms with van der Waals surface area (Å²) in [6.45, 7) is 5.47. The second-order valence-electron chi connectivity index (χ2n) is 6.36. The van der Waals surface area contributed by atoms with Crippen LogP contribution in [0.1, 0.15) is 56.8 Å². The molecule has 1 amide bonds. The lowest BCUT2D eigenvalue weighted by Crippen LogP contribution is -2.43. The van der Waals surface area contributed by atoms with Crippen LogP contribution in [-0.4, -0.2) is 34.9 Å². The van der Waals surface area contributed by atoms with Crippen molar-refractivity contribution in [3.63, 3.8) is 0 Å². The molecule has 2 N–H and O–H groups in total. The van der Waals surface area contributed by atoms with Gasteiger partial charge in [-0.05, 0) is 45.7 Å². The molecule has 6 nitrogen and oxygen atoms in total. The Morgan fingerprint density at radius 2 is 1.92 bits per heavy atom. The average molecular weight is 335 g/mol. The highest BCUT2D eigenvalue weighted by Crippen LogP contribution is 2.15. The number of carboxylic acid groups (broad SMARTS) is 1. The third-order valence-corrected chi connectivity index (χ3v) is 3.50. The van der Waals surface area contributed by atoms with E-state index < -0.39 is 11.5 Å². The van der Waals surface area contributed by atoms with Gasteiger partial charge < -0.3 is 15.2 Å². The Bertz CT molecular complexity index is 595. The minimum atomic E-state index is -0.876. The van der Waals surface area contributed by atoms with E-state index in [0.29, 0.717) is 37.2 Å². The van der Waals surface area contributed by atoms with Crippen LogP contribution in [0.3, 0.4) is 0 Å². The number of rotatable bonds is 10. The minimum absolute atomic E-state index is 0.0167. The van der Waals surface area contributed by atoms with Crippen LogP contribution in [0.4, 0.5) is 0 Å². The zero-order chi connectivity index (χ0) is 18.2. The molecule has 0 radical (unpaired) electrons. The summed E-state index contributed by atoms with van der Waals surface area (Å²) in [6.07, 6.45) is 1.22. The molecule has 0 fully saturated rings. The fourth-order valence-corrected chi connectivity index (χ4v) is 2.15. The second-order valence-corrected chi connectivity index (χ2v) is 6.36. The largest absolute Gasteiger partial charge is 0.494 e. The quantitative estimate of drug-likeness (QED) is 0.506. The Morgan fingerprint density at radius 1 is 1.21 bits per heavy atom. The molecular formula is C18H25NO5. The van der Waals surface area contributed by atoms with E-state index in [2.05, 4.69) is 5.32 Å². The van der Waals surface area contributed by atoms with Gasteiger partial charge in [-0.1, -0.05) is 12.1 Å². The van der Waals surface area contributed by atoms with Gasteiger partial charge in [0.2, 0.25) is 5.91 Å². The number of Topliss-reactive ketones (excluding diaryl/α,β-unsaturated/α-hetero) is 1. The maximum absolute atomic E-state index is 11.9. The van der Waals surface area contributed by atoms with E-state index in [1.165, 1.54) is 6.92 Å². The first kappa shape index (κ1) is 19.7. The highest BCUT2D eigenvalue weighted by molar-refractivity contribution is 5.94. The molecule has 0 atom stereocenters. The number of ketones is 1. The maximum Gasteiger partial charge on any atom is 0.303 e. The van der Waals surface area contributed by atoms with Crippen LogP contribution in [0.5, 0.6) is 5.75 Å². The topological polar surface area (TPSA) is 92.7 Å². The van der Waals surface area contributed by atoms with Crippen molar-refractivity contribution in [2.24, 2.45) is 0 Å². The molecule has 0 saturated carbocycles. The standard InChI is InChI=1S/C18H25NO5/c1-13(20)14-6-4-7-15(12-14)24-11-5-8-16(21)19-18(2,3)10-9-17(22)23/h4,6-7,12H,5,8-11H2,1-3H3,(H,19,21)(H,22,23). The zero-order valence-corrected chi connectivity index (χ0v) is 14.4. The van der Waals surface area contributed by atoms with Gasteiger partial charge in [0.15, 0.2) is 5.78 Å². The van der Waals surface area contributed by atoms with Gasteiger partial charge in [-0.2, -0.15) is 0 Å². The smallest absolute Gasteiger partial charge is 0.303 e. The molecule has 24 heavy (non-hydrogen) atoms. The van der Waals surface area contributed by atoms with Crippen molar-refractivity contribution in [2.75, 3.05) is 6.61 Å². The fourth-order valence-electron chi connectivity index (χ4n) is 2.15. The van der Waals surface area contributed by atoms with Crippen LogP contribution in [-0.2, 0) is 9.59 Å². The number of nitrogens with one attached hydrogen (secondary N) is 1. The van der Waals surface area contributed by atoms with Crippen LogP contribution < -0.4 is 10.1 Å². The molecule has 0 spiro atoms. The fraction of sp³-hybridized carbons (Fsp3) is 0.500. The van der Waals surface area contributed by atoms with E-state index in [1.54, 1.807) is 38.1 Å². The van der Waals surface area contributed by atoms with E-state index in [4.69, 9.17) is 9.84 Å². The summed E-state index contributed by atoms with van der Waals surface area (Å²) in [5, 5.41) is 11.5. The molecule has 0 saturated heterocycles. The summed E-state index contributed by atoms with van der Waals surface area (Å²) in [5.41, 5.74) is 0.0389. The number of benzene rings is 1. The first-order chi connectivity index (χ1) is 11.2. The van der Waals surface area contributed by atoms with Gasteiger partial charge in [0.25, 0.3) is 0 Å². The number of carbonyl (C=O) groups excluding carboxylic acids is 2. The molecule has 6 heteroatoms. The van der Waals surface area contributed by atoms with E-state index in [0.717, 1.165) is 0 Å². The number of carboxylic acids is 1. The normalized spacial score (nSPS) is 11.0. The summed E-state index contributed by atoms with van der Waals surface area (Å²) in [5.74, 6) is -0.432. The first-order valence-corrected chi connectivity index (χ1v) is 7.96. The summed E-state index contributed by atoms with van der Waals surface area (Å²) in [4.78, 5) is 33.8. The van der Waals surface area contributed by atoms with Crippen molar-refractivity contribution in [3.05, 3.63) is 29.8 Å². The molecule has 132 valence electrons. The minimum Gasteiger partial charge on any atom is -0.494 e. The number of amides is 1. The molecule has 1 aromatic rings. The van der Waals surface area contributed by atoms with Crippen LogP contribution in [0.25, 0.3) is 0 Å². The van der Waals surface area contributed by atoms with Crippen molar-refractivity contribution in [3.8, 4) is 5.75 Å². The van der Waals surface area contributed by atoms with Crippen LogP contribution in [0.2, 0.25) is 0 Å². The second kappa shape index (κ2) is 9.05. The van der Waals surface area contributed by atoms with Crippen molar-refractivity contribution >= 4 is 17.7 Å². The molecule has 0 aliphatic carbocycles. The summed E-state index contributed by atoms with van der Waals surface area (Å²) in [6, 6.07) is 6.92. The number of carbonyl (C=O) groups is 3. The van der Waals surface area contributed by atoms with E-state index >= 15 is 0 Å². The van der Waals surface area contributed by atoms with E-state index in [9.17, 15) is 14.4 Å². The van der Waals surface area contributed by atoms with Crippen molar-refractivity contribution in [1.29, 1.82) is 0 Å². The Morgan fingerprint density at radius 3 is 2.54 bits per heavy atom. The van der Waals surface area contributed by atoms with Gasteiger partial charge in [0.05, 0.1) is 6.61 Å². The average Bonchev–Trinajstić information content (AvgIpc) is 2.49. The molecular weight excluding hydrogens is 310 g/mol. The molecule has 0 bridgehead atoms. The third kappa shape index (κ3) is 7.76. The number of hydrogen-bond acceptors (Lipinski definition) is 4. The molecule has 0 heterocycles. The first-order valence-electron chi connectivity index (χ1n) is 7.96. The number of ether oxygens (including phenoxy) is 1. The number of hydrogen-bond donors (Lipinski definition) is 2. The predicted octanol–water partition coefficient (Wildman–Crippen LogP) is 2.81. The Hall–Kier alpha value is -2.37. The lowest BCUT2D eigenvalue weighted by atomic mass is 9.98. The molecule has 0 unspecified atom stereocenters. The monoisotopic (exact) mass is 335 g/mol. The van der Waals surface area contributed by atoms with Crippen molar-refractivity contribution < 1.29 is 24.2 Å². The lowest BCUT2D eigenvalue weighted by molar-refractivity contribution is -0.137. The van der Waals surface area contributed by atoms with Crippen molar-refractivity contribution in [2.45, 2.75) is 52.0 Å². The lowest BCUT2D eigenvalue weighted by Gasteiger charge is -2.25. The van der Waals surface area contributed by atoms with Crippen molar-refractivity contribution in [1.82, 2.24) is 5.32 Å². The van der Waals surface area contributed by atoms with Gasteiger partial charge in [0, 0.05) is 23.9 Å². The van der Waals surface area contributed by atoms with E-state index in [-0.39, 0.29) is 18.1 Å². The summed E-state index contributed by atoms with van der Waals surface area (Å²) >= 11 is 0. The Labute approximate surface area is 142 Å². The third-order valence-electron chi connectivity index (χ3n) is 3.50. The Balaban J connectivity index is 2.32. The predicted molar refractivity (Wildman–Crippen MR) is 90.3 cm³/mol. The molecule has 0 aromatic heterocycles. The maximum atomic E-state index is 11.9.